The number of carboxylic acid groups (broad SMARTS) is 1. The summed E-state index contributed by atoms with van der Waals surface area (Å²) in [5.41, 5.74) is 2.43. The normalized spacial score (nSPS) is 11.1. The number of hydrogen-bond acceptors (Lipinski definition) is 4. The van der Waals surface area contributed by atoms with E-state index < -0.39 is 5.97 Å². The lowest BCUT2D eigenvalue weighted by Gasteiger charge is -2.00. The van der Waals surface area contributed by atoms with Crippen molar-refractivity contribution in [2.24, 2.45) is 0 Å². The quantitative estimate of drug-likeness (QED) is 0.674. The molecular weight excluding hydrogens is 294 g/mol. The van der Waals surface area contributed by atoms with E-state index in [1.54, 1.807) is 0 Å². The monoisotopic (exact) mass is 305 g/mol. The van der Waals surface area contributed by atoms with Crippen molar-refractivity contribution in [2.45, 2.75) is 13.1 Å². The average molecular weight is 306 g/mol. The van der Waals surface area contributed by atoms with Crippen LogP contribution in [0.4, 0.5) is 0 Å². The van der Waals surface area contributed by atoms with Gasteiger partial charge < -0.3 is 19.9 Å². The van der Waals surface area contributed by atoms with E-state index in [0.29, 0.717) is 23.8 Å². The number of fused-ring (bicyclic) bond motifs is 1. The van der Waals surface area contributed by atoms with Crippen molar-refractivity contribution >= 4 is 28.5 Å². The second-order valence-corrected chi connectivity index (χ2v) is 5.05. The fourth-order valence-corrected chi connectivity index (χ4v) is 2.32. The van der Waals surface area contributed by atoms with Gasteiger partial charge in [-0.2, -0.15) is 0 Å². The third-order valence-electron chi connectivity index (χ3n) is 3.12. The van der Waals surface area contributed by atoms with Crippen molar-refractivity contribution in [1.29, 1.82) is 0 Å². The Hall–Kier alpha value is -2.31. The molecule has 0 fully saturated rings. The van der Waals surface area contributed by atoms with Crippen molar-refractivity contribution in [2.75, 3.05) is 0 Å². The molecule has 0 bridgehead atoms. The molecule has 0 aliphatic carbocycles. The van der Waals surface area contributed by atoms with E-state index in [9.17, 15) is 4.79 Å². The highest BCUT2D eigenvalue weighted by molar-refractivity contribution is 6.31. The van der Waals surface area contributed by atoms with Gasteiger partial charge in [-0.3, -0.25) is 0 Å². The number of nitrogens with one attached hydrogen (secondary N) is 2. The Morgan fingerprint density at radius 1 is 1.38 bits per heavy atom. The molecule has 108 valence electrons. The van der Waals surface area contributed by atoms with Crippen molar-refractivity contribution in [3.63, 3.8) is 0 Å². The van der Waals surface area contributed by atoms with Crippen LogP contribution in [0.3, 0.4) is 0 Å². The number of aromatic carboxylic acids is 1. The molecule has 1 aromatic carbocycles. The molecule has 0 unspecified atom stereocenters. The number of halogens is 1. The number of carbonyl (C=O) groups is 1. The van der Waals surface area contributed by atoms with E-state index in [1.165, 1.54) is 0 Å². The molecule has 3 N–H and O–H groups in total. The van der Waals surface area contributed by atoms with Gasteiger partial charge in [-0.25, -0.2) is 4.79 Å². The van der Waals surface area contributed by atoms with E-state index >= 15 is 0 Å². The van der Waals surface area contributed by atoms with Gasteiger partial charge in [-0.1, -0.05) is 16.8 Å². The zero-order valence-electron chi connectivity index (χ0n) is 10.9. The molecular formula is C14H12ClN3O3. The summed E-state index contributed by atoms with van der Waals surface area (Å²) in [4.78, 5) is 14.2. The van der Waals surface area contributed by atoms with Gasteiger partial charge in [0.1, 0.15) is 17.5 Å². The first kappa shape index (κ1) is 13.7. The molecule has 0 radical (unpaired) electrons. The molecule has 0 saturated carbocycles. The van der Waals surface area contributed by atoms with E-state index in [0.717, 1.165) is 22.9 Å². The van der Waals surface area contributed by atoms with Crippen LogP contribution >= 0.6 is 11.6 Å². The van der Waals surface area contributed by atoms with Crippen molar-refractivity contribution < 1.29 is 14.4 Å². The van der Waals surface area contributed by atoms with Crippen LogP contribution in [0.25, 0.3) is 10.9 Å². The molecule has 0 amide bonds. The number of hydrogen-bond donors (Lipinski definition) is 3. The number of carboxylic acids is 1. The molecule has 3 aromatic rings. The summed E-state index contributed by atoms with van der Waals surface area (Å²) in [6, 6.07) is 7.62. The van der Waals surface area contributed by atoms with E-state index in [-0.39, 0.29) is 5.56 Å². The summed E-state index contributed by atoms with van der Waals surface area (Å²) < 4.78 is 4.68. The zero-order chi connectivity index (χ0) is 14.8. The van der Waals surface area contributed by atoms with Gasteiger partial charge in [0.15, 0.2) is 0 Å². The zero-order valence-corrected chi connectivity index (χ0v) is 11.6. The lowest BCUT2D eigenvalue weighted by Crippen LogP contribution is -2.15. The first-order valence-electron chi connectivity index (χ1n) is 6.28. The van der Waals surface area contributed by atoms with Gasteiger partial charge in [-0.05, 0) is 24.3 Å². The number of nitrogens with zero attached hydrogens (tertiary/aromatic N) is 1. The summed E-state index contributed by atoms with van der Waals surface area (Å²) >= 11 is 5.94. The largest absolute Gasteiger partial charge is 0.478 e. The molecule has 6 nitrogen and oxygen atoms in total. The fourth-order valence-electron chi connectivity index (χ4n) is 2.14. The van der Waals surface area contributed by atoms with Crippen LogP contribution in [0.15, 0.2) is 35.1 Å². The molecule has 0 spiro atoms. The molecule has 0 saturated heterocycles. The number of H-pyrrole nitrogens is 1. The maximum Gasteiger partial charge on any atom is 0.341 e. The Kier molecular flexibility index (Phi) is 3.64. The Labute approximate surface area is 124 Å². The van der Waals surface area contributed by atoms with Crippen LogP contribution in [0, 0.1) is 0 Å². The summed E-state index contributed by atoms with van der Waals surface area (Å²) in [6.45, 7) is 0.868. The maximum absolute atomic E-state index is 10.9. The number of aromatic nitrogens is 2. The van der Waals surface area contributed by atoms with Crippen LogP contribution in [-0.2, 0) is 13.1 Å². The van der Waals surface area contributed by atoms with Gasteiger partial charge in [0.2, 0.25) is 0 Å². The van der Waals surface area contributed by atoms with Gasteiger partial charge in [0, 0.05) is 34.7 Å². The Bertz CT molecular complexity index is 794. The average Bonchev–Trinajstić information content (AvgIpc) is 3.04. The van der Waals surface area contributed by atoms with Gasteiger partial charge in [0.25, 0.3) is 0 Å². The SMILES string of the molecule is O=C(O)c1conc1CNCc1cc2cc(Cl)ccc2[nH]1. The van der Waals surface area contributed by atoms with E-state index in [4.69, 9.17) is 16.7 Å². The van der Waals surface area contributed by atoms with Crippen LogP contribution in [-0.4, -0.2) is 21.2 Å². The van der Waals surface area contributed by atoms with Crippen molar-refractivity contribution in [3.8, 4) is 0 Å². The summed E-state index contributed by atoms with van der Waals surface area (Å²) in [6.07, 6.45) is 1.13. The molecule has 0 aliphatic rings. The number of aromatic amines is 1. The molecule has 2 aromatic heterocycles. The number of benzene rings is 1. The van der Waals surface area contributed by atoms with E-state index in [2.05, 4.69) is 20.0 Å². The minimum Gasteiger partial charge on any atom is -0.478 e. The third-order valence-corrected chi connectivity index (χ3v) is 3.36. The predicted octanol–water partition coefficient (Wildman–Crippen LogP) is 2.80. The third kappa shape index (κ3) is 2.91. The number of rotatable bonds is 5. The summed E-state index contributed by atoms with van der Waals surface area (Å²) in [5.74, 6) is -1.05. The second-order valence-electron chi connectivity index (χ2n) is 4.61. The lowest BCUT2D eigenvalue weighted by molar-refractivity contribution is 0.0695. The van der Waals surface area contributed by atoms with Crippen LogP contribution in [0.5, 0.6) is 0 Å². The topological polar surface area (TPSA) is 91.2 Å². The van der Waals surface area contributed by atoms with Crippen molar-refractivity contribution in [3.05, 3.63) is 52.5 Å². The molecule has 0 atom stereocenters. The predicted molar refractivity (Wildman–Crippen MR) is 77.3 cm³/mol. The van der Waals surface area contributed by atoms with Crippen LogP contribution < -0.4 is 5.32 Å². The smallest absolute Gasteiger partial charge is 0.341 e. The standard InChI is InChI=1S/C14H12ClN3O3/c15-9-1-2-12-8(3-9)4-10(17-12)5-16-6-13-11(14(19)20)7-21-18-13/h1-4,7,16-17H,5-6H2,(H,19,20). The first-order valence-corrected chi connectivity index (χ1v) is 6.65. The summed E-state index contributed by atoms with van der Waals surface area (Å²) in [7, 11) is 0. The van der Waals surface area contributed by atoms with Gasteiger partial charge >= 0.3 is 5.97 Å². The van der Waals surface area contributed by atoms with Crippen LogP contribution in [0.1, 0.15) is 21.7 Å². The van der Waals surface area contributed by atoms with Crippen LogP contribution in [0.2, 0.25) is 5.02 Å². The molecule has 0 aliphatic heterocycles. The van der Waals surface area contributed by atoms with E-state index in [1.807, 2.05) is 24.3 Å². The second kappa shape index (κ2) is 5.59. The highest BCUT2D eigenvalue weighted by atomic mass is 35.5. The molecule has 21 heavy (non-hydrogen) atoms. The van der Waals surface area contributed by atoms with Crippen molar-refractivity contribution in [1.82, 2.24) is 15.5 Å². The maximum atomic E-state index is 10.9. The highest BCUT2D eigenvalue weighted by Gasteiger charge is 2.14. The fraction of sp³-hybridized carbons (Fsp3) is 0.143. The Morgan fingerprint density at radius 2 is 2.24 bits per heavy atom. The Balaban J connectivity index is 1.66. The minimum absolute atomic E-state index is 0.0749. The highest BCUT2D eigenvalue weighted by Crippen LogP contribution is 2.20. The minimum atomic E-state index is -1.05. The van der Waals surface area contributed by atoms with Gasteiger partial charge in [-0.15, -0.1) is 0 Å². The molecule has 7 heteroatoms. The van der Waals surface area contributed by atoms with Gasteiger partial charge in [0.05, 0.1) is 0 Å². The first-order chi connectivity index (χ1) is 10.1. The molecule has 3 rings (SSSR count). The molecule has 2 heterocycles. The Morgan fingerprint density at radius 3 is 3.05 bits per heavy atom. The lowest BCUT2D eigenvalue weighted by atomic mass is 10.2. The summed E-state index contributed by atoms with van der Waals surface area (Å²) in [5, 5.41) is 17.5.